The second-order valence-electron chi connectivity index (χ2n) is 15.0. The Hall–Kier alpha value is -4.79. The van der Waals surface area contributed by atoms with Gasteiger partial charge in [0.05, 0.1) is 48.7 Å². The van der Waals surface area contributed by atoms with E-state index in [9.17, 15) is 52.8 Å². The zero-order valence-corrected chi connectivity index (χ0v) is 35.9. The summed E-state index contributed by atoms with van der Waals surface area (Å²) in [6, 6.07) is 5.78. The maximum Gasteiger partial charge on any atom is 0.407 e. The molecule has 60 heavy (non-hydrogen) atoms. The highest BCUT2D eigenvalue weighted by molar-refractivity contribution is 7.90. The summed E-state index contributed by atoms with van der Waals surface area (Å²) in [5, 5.41) is 4.00. The summed E-state index contributed by atoms with van der Waals surface area (Å²) in [6.45, 7) is 20.3. The third-order valence-electron chi connectivity index (χ3n) is 10.2. The van der Waals surface area contributed by atoms with Gasteiger partial charge in [-0.3, -0.25) is 14.5 Å². The number of carbonyl (C=O) groups excluding carboxylic acids is 2. The van der Waals surface area contributed by atoms with Gasteiger partial charge in [-0.2, -0.15) is 30.7 Å². The van der Waals surface area contributed by atoms with Crippen LogP contribution >= 0.6 is 24.4 Å². The number of carbonyl (C=O) groups is 2. The number of primary sulfonamides is 1. The fraction of sp³-hybridized carbons (Fsp3) is 0.457. The van der Waals surface area contributed by atoms with Crippen LogP contribution in [0, 0.1) is 13.1 Å². The number of hydrogen-bond acceptors (Lipinski definition) is 8. The van der Waals surface area contributed by atoms with E-state index in [1.54, 1.807) is 27.9 Å². The number of halogens is 6. The number of nitrogens with zero attached hydrogens (tertiary/aromatic N) is 8. The topological polar surface area (TPSA) is 162 Å². The first kappa shape index (κ1) is 47.9. The van der Waals surface area contributed by atoms with Crippen molar-refractivity contribution in [3.63, 3.8) is 0 Å². The molecule has 0 radical (unpaired) electrons. The molecule has 3 saturated heterocycles. The minimum Gasteiger partial charge on any atom is -0.368 e. The zero-order chi connectivity index (χ0) is 45.8. The van der Waals surface area contributed by atoms with Crippen molar-refractivity contribution in [1.82, 2.24) is 9.80 Å². The van der Waals surface area contributed by atoms with E-state index >= 15 is 0 Å². The van der Waals surface area contributed by atoms with E-state index < -0.39 is 87.6 Å². The van der Waals surface area contributed by atoms with Crippen LogP contribution in [0.4, 0.5) is 49.1 Å². The normalized spacial score (nSPS) is 21.5. The van der Waals surface area contributed by atoms with E-state index in [1.165, 1.54) is 35.8 Å². The lowest BCUT2D eigenvalue weighted by atomic mass is 9.94. The number of nitrogens with two attached hydrogens (primary N) is 1. The van der Waals surface area contributed by atoms with Gasteiger partial charge < -0.3 is 9.80 Å². The maximum atomic E-state index is 13.4. The van der Waals surface area contributed by atoms with E-state index in [1.807, 2.05) is 0 Å². The Labute approximate surface area is 353 Å². The first-order valence-corrected chi connectivity index (χ1v) is 21.4. The molecule has 0 aromatic heterocycles. The van der Waals surface area contributed by atoms with E-state index in [0.29, 0.717) is 6.07 Å². The summed E-state index contributed by atoms with van der Waals surface area (Å²) in [6.07, 6.45) is -8.13. The predicted octanol–water partition coefficient (Wildman–Crippen LogP) is 5.78. The van der Waals surface area contributed by atoms with E-state index in [0.717, 1.165) is 34.3 Å². The Morgan fingerprint density at radius 3 is 1.78 bits per heavy atom. The lowest BCUT2D eigenvalue weighted by molar-refractivity contribution is -0.923. The van der Waals surface area contributed by atoms with Crippen molar-refractivity contribution in [1.29, 1.82) is 0 Å². The van der Waals surface area contributed by atoms with Crippen LogP contribution in [0.15, 0.2) is 40.8 Å². The molecule has 1 spiro atoms. The number of alkyl halides is 6. The van der Waals surface area contributed by atoms with Crippen LogP contribution < -0.4 is 14.9 Å². The highest BCUT2D eigenvalue weighted by atomic mass is 32.2. The number of sulfonamides is 2. The third kappa shape index (κ3) is 8.69. The first-order valence-electron chi connectivity index (χ1n) is 17.4. The molecule has 2 aromatic carbocycles. The van der Waals surface area contributed by atoms with Crippen molar-refractivity contribution in [2.24, 2.45) is 9.54 Å². The molecule has 2 atom stereocenters. The summed E-state index contributed by atoms with van der Waals surface area (Å²) in [5.41, 5.74) is -6.37. The van der Waals surface area contributed by atoms with E-state index in [-0.39, 0.29) is 53.3 Å². The molecule has 3 aliphatic rings. The molecule has 0 aliphatic carbocycles. The second-order valence-corrected chi connectivity index (χ2v) is 19.2. The van der Waals surface area contributed by atoms with Gasteiger partial charge in [-0.25, -0.2) is 41.0 Å². The molecular formula is C35H38F6N9O6S4+. The molecule has 2 amide bonds. The number of thiocarbonyl (C=S) groups is 2. The van der Waals surface area contributed by atoms with Gasteiger partial charge in [-0.1, -0.05) is 12.1 Å². The van der Waals surface area contributed by atoms with Crippen molar-refractivity contribution in [2.45, 2.75) is 69.3 Å². The smallest absolute Gasteiger partial charge is 0.368 e. The SMILES string of the molecule is [C-]#[N+]c1ccc(N2C(=O)C(C)(C)N(CCCS(=O)(=O)N=CN(C)C)C2=S)cc1C(F)(F)F.[C-]#[N+]c1ccc(N2C(=O)C(C)(C)[N+]3(CCC3S(N)(=O)=O)C2=S)cc1C(F)(F)F. The lowest BCUT2D eigenvalue weighted by Gasteiger charge is -2.52. The van der Waals surface area contributed by atoms with Crippen LogP contribution in [0.3, 0.4) is 0 Å². The summed E-state index contributed by atoms with van der Waals surface area (Å²) in [4.78, 5) is 36.7. The Morgan fingerprint density at radius 1 is 0.900 bits per heavy atom. The van der Waals surface area contributed by atoms with Crippen LogP contribution in [0.5, 0.6) is 0 Å². The summed E-state index contributed by atoms with van der Waals surface area (Å²) >= 11 is 10.8. The van der Waals surface area contributed by atoms with Crippen LogP contribution in [0.25, 0.3) is 9.69 Å². The molecule has 324 valence electrons. The monoisotopic (exact) mass is 922 g/mol. The number of rotatable bonds is 9. The Morgan fingerprint density at radius 2 is 1.38 bits per heavy atom. The Balaban J connectivity index is 0.000000267. The number of anilines is 2. The Bertz CT molecular complexity index is 2480. The van der Waals surface area contributed by atoms with Gasteiger partial charge in [-0.05, 0) is 56.8 Å². The second kappa shape index (κ2) is 16.2. The van der Waals surface area contributed by atoms with Crippen LogP contribution in [-0.2, 0) is 42.0 Å². The number of hydrogen-bond donors (Lipinski definition) is 1. The molecule has 25 heteroatoms. The molecule has 0 saturated carbocycles. The summed E-state index contributed by atoms with van der Waals surface area (Å²) in [5.74, 6) is -1.48. The van der Waals surface area contributed by atoms with Gasteiger partial charge in [0.15, 0.2) is 22.0 Å². The molecule has 2 N–H and O–H groups in total. The maximum absolute atomic E-state index is 13.4. The quantitative estimate of drug-likeness (QED) is 0.0816. The van der Waals surface area contributed by atoms with Gasteiger partial charge >= 0.3 is 12.4 Å². The van der Waals surface area contributed by atoms with Crippen molar-refractivity contribution >= 4 is 95.6 Å². The standard InChI is InChI=1S/C19H22F3N5O3S2.C16H16F3N4O3S2/c1-18(2)16(28)27(13-7-8-15(23-3)14(11-13)19(20,21)22)17(31)26(18)9-6-10-32(29,30)24-12-25(4)5;1-15(2)13(24)22(14(27)23(15)7-6-12(23)28(20,25)26)9-4-5-11(21-3)10(8-9)16(17,18)19/h7-8,11-12H,6,9-10H2,1-2,4-5H3;4-5,8,12H,6-7H2,1-2H3,(H2,20,25,26)/q;+1. The van der Waals surface area contributed by atoms with Gasteiger partial charge in [0.25, 0.3) is 37.0 Å². The third-order valence-corrected chi connectivity index (χ3v) is 13.7. The first-order chi connectivity index (χ1) is 27.3. The molecule has 2 unspecified atom stereocenters. The molecular weight excluding hydrogens is 885 g/mol. The number of quaternary nitrogens is 1. The van der Waals surface area contributed by atoms with E-state index in [2.05, 4.69) is 14.1 Å². The van der Waals surface area contributed by atoms with Crippen molar-refractivity contribution in [3.05, 3.63) is 70.4 Å². The predicted molar refractivity (Wildman–Crippen MR) is 218 cm³/mol. The zero-order valence-electron chi connectivity index (χ0n) is 32.7. The molecule has 2 aromatic rings. The van der Waals surface area contributed by atoms with Crippen molar-refractivity contribution in [2.75, 3.05) is 42.7 Å². The average molecular weight is 923 g/mol. The minimum absolute atomic E-state index is 0.0436. The Kier molecular flexibility index (Phi) is 13.0. The average Bonchev–Trinajstić information content (AvgIpc) is 3.38. The summed E-state index contributed by atoms with van der Waals surface area (Å²) in [7, 11) is -4.52. The molecule has 5 rings (SSSR count). The van der Waals surface area contributed by atoms with Gasteiger partial charge in [0, 0.05) is 52.4 Å². The van der Waals surface area contributed by atoms with Crippen molar-refractivity contribution in [3.8, 4) is 0 Å². The van der Waals surface area contributed by atoms with Gasteiger partial charge in [-0.15, -0.1) is 0 Å². The largest absolute Gasteiger partial charge is 0.407 e. The highest BCUT2D eigenvalue weighted by Gasteiger charge is 2.73. The summed E-state index contributed by atoms with van der Waals surface area (Å²) < 4.78 is 131. The minimum atomic E-state index is -4.80. The highest BCUT2D eigenvalue weighted by Crippen LogP contribution is 2.50. The van der Waals surface area contributed by atoms with Crippen LogP contribution in [0.1, 0.15) is 51.7 Å². The molecule has 0 bridgehead atoms. The van der Waals surface area contributed by atoms with Gasteiger partial charge in [0.1, 0.15) is 11.9 Å². The number of amides is 2. The van der Waals surface area contributed by atoms with Crippen molar-refractivity contribution < 1.29 is 57.3 Å². The number of benzene rings is 2. The molecule has 3 heterocycles. The lowest BCUT2D eigenvalue weighted by Crippen LogP contribution is -2.76. The van der Waals surface area contributed by atoms with E-state index in [4.69, 9.17) is 42.7 Å². The molecule has 3 fully saturated rings. The fourth-order valence-electron chi connectivity index (χ4n) is 6.98. The van der Waals surface area contributed by atoms with Crippen LogP contribution in [-0.4, -0.2) is 109 Å². The molecule has 3 aliphatic heterocycles. The fourth-order valence-corrected chi connectivity index (χ4v) is 10.5. The molecule has 15 nitrogen and oxygen atoms in total. The van der Waals surface area contributed by atoms with Gasteiger partial charge in [0.2, 0.25) is 5.37 Å². The van der Waals surface area contributed by atoms with Crippen LogP contribution in [0.2, 0.25) is 0 Å².